The first-order chi connectivity index (χ1) is 10.5. The average molecular weight is 360 g/mol. The summed E-state index contributed by atoms with van der Waals surface area (Å²) in [4.78, 5) is 13.9. The highest BCUT2D eigenvalue weighted by Crippen LogP contribution is 2.29. The van der Waals surface area contributed by atoms with Crippen molar-refractivity contribution in [2.24, 2.45) is 0 Å². The Labute approximate surface area is 137 Å². The number of amides is 1. The number of furan rings is 1. The Bertz CT molecular complexity index is 742. The van der Waals surface area contributed by atoms with E-state index >= 15 is 0 Å². The Kier molecular flexibility index (Phi) is 5.02. The zero-order chi connectivity index (χ0) is 16.1. The molecule has 0 atom stereocenters. The third-order valence-electron chi connectivity index (χ3n) is 2.78. The van der Waals surface area contributed by atoms with Gasteiger partial charge in [0, 0.05) is 31.9 Å². The zero-order valence-electron chi connectivity index (χ0n) is 12.1. The maximum absolute atomic E-state index is 12.1. The minimum atomic E-state index is -0.479. The molecule has 0 aliphatic rings. The quantitative estimate of drug-likeness (QED) is 0.668. The van der Waals surface area contributed by atoms with Crippen molar-refractivity contribution in [1.29, 1.82) is 5.26 Å². The van der Waals surface area contributed by atoms with Crippen LogP contribution >= 0.6 is 15.9 Å². The van der Waals surface area contributed by atoms with E-state index in [0.29, 0.717) is 17.3 Å². The second-order valence-corrected chi connectivity index (χ2v) is 5.54. The summed E-state index contributed by atoms with van der Waals surface area (Å²) in [5.41, 5.74) is 0.596. The van der Waals surface area contributed by atoms with Gasteiger partial charge in [0.1, 0.15) is 17.4 Å². The predicted octanol–water partition coefficient (Wildman–Crippen LogP) is 3.65. The first-order valence-electron chi connectivity index (χ1n) is 6.46. The van der Waals surface area contributed by atoms with Gasteiger partial charge in [-0.1, -0.05) is 18.2 Å². The molecule has 1 aromatic carbocycles. The average Bonchev–Trinajstić information content (AvgIpc) is 2.86. The number of para-hydroxylation sites is 1. The molecule has 1 N–H and O–H groups in total. The normalized spacial score (nSPS) is 10.9. The number of nitrogens with one attached hydrogen (secondary N) is 1. The predicted molar refractivity (Wildman–Crippen MR) is 89.4 cm³/mol. The molecule has 22 heavy (non-hydrogen) atoms. The molecule has 6 heteroatoms. The van der Waals surface area contributed by atoms with Crippen molar-refractivity contribution in [3.8, 4) is 6.07 Å². The molecule has 0 bridgehead atoms. The maximum Gasteiger partial charge on any atom is 0.266 e. The number of nitrogens with zero attached hydrogens (tertiary/aromatic N) is 2. The number of halogens is 1. The van der Waals surface area contributed by atoms with E-state index in [2.05, 4.69) is 21.2 Å². The van der Waals surface area contributed by atoms with Crippen LogP contribution in [0.25, 0.3) is 6.08 Å². The van der Waals surface area contributed by atoms with Gasteiger partial charge in [-0.2, -0.15) is 5.26 Å². The SMILES string of the molecule is CN(C)c1oc(/C=C(\C#N)C(=O)Nc2ccccc2)cc1Br. The molecular weight excluding hydrogens is 346 g/mol. The molecule has 0 radical (unpaired) electrons. The van der Waals surface area contributed by atoms with Gasteiger partial charge in [0.25, 0.3) is 5.91 Å². The Morgan fingerprint density at radius 3 is 2.59 bits per heavy atom. The Balaban J connectivity index is 2.22. The topological polar surface area (TPSA) is 69.3 Å². The van der Waals surface area contributed by atoms with Crippen molar-refractivity contribution in [3.05, 3.63) is 52.2 Å². The summed E-state index contributed by atoms with van der Waals surface area (Å²) >= 11 is 3.37. The van der Waals surface area contributed by atoms with Gasteiger partial charge in [0.15, 0.2) is 0 Å². The van der Waals surface area contributed by atoms with Crippen molar-refractivity contribution < 1.29 is 9.21 Å². The van der Waals surface area contributed by atoms with Gasteiger partial charge in [-0.05, 0) is 28.1 Å². The summed E-state index contributed by atoms with van der Waals surface area (Å²) in [5.74, 6) is 0.565. The van der Waals surface area contributed by atoms with Crippen LogP contribution in [0.3, 0.4) is 0 Å². The number of anilines is 2. The first kappa shape index (κ1) is 15.9. The summed E-state index contributed by atoms with van der Waals surface area (Å²) in [6.45, 7) is 0. The summed E-state index contributed by atoms with van der Waals surface area (Å²) in [6.07, 6.45) is 1.41. The molecule has 0 spiro atoms. The number of carbonyl (C=O) groups is 1. The van der Waals surface area contributed by atoms with E-state index in [4.69, 9.17) is 4.42 Å². The Morgan fingerprint density at radius 1 is 1.36 bits per heavy atom. The van der Waals surface area contributed by atoms with Crippen molar-refractivity contribution >= 4 is 39.5 Å². The smallest absolute Gasteiger partial charge is 0.266 e. The lowest BCUT2D eigenvalue weighted by Gasteiger charge is -2.07. The number of rotatable bonds is 4. The summed E-state index contributed by atoms with van der Waals surface area (Å²) < 4.78 is 6.33. The third kappa shape index (κ3) is 3.77. The van der Waals surface area contributed by atoms with Crippen molar-refractivity contribution in [1.82, 2.24) is 0 Å². The van der Waals surface area contributed by atoms with Crippen LogP contribution in [0.15, 0.2) is 50.9 Å². The molecule has 0 saturated heterocycles. The molecule has 1 aromatic heterocycles. The highest BCUT2D eigenvalue weighted by Gasteiger charge is 2.13. The second kappa shape index (κ2) is 6.96. The highest BCUT2D eigenvalue weighted by molar-refractivity contribution is 9.10. The van der Waals surface area contributed by atoms with E-state index in [-0.39, 0.29) is 5.57 Å². The lowest BCUT2D eigenvalue weighted by molar-refractivity contribution is -0.112. The highest BCUT2D eigenvalue weighted by atomic mass is 79.9. The first-order valence-corrected chi connectivity index (χ1v) is 7.25. The maximum atomic E-state index is 12.1. The summed E-state index contributed by atoms with van der Waals surface area (Å²) in [6, 6.07) is 12.6. The Morgan fingerprint density at radius 2 is 2.05 bits per heavy atom. The van der Waals surface area contributed by atoms with Gasteiger partial charge in [-0.3, -0.25) is 4.79 Å². The van der Waals surface area contributed by atoms with Gasteiger partial charge in [-0.25, -0.2) is 0 Å². The number of nitriles is 1. The van der Waals surface area contributed by atoms with Crippen molar-refractivity contribution in [2.45, 2.75) is 0 Å². The minimum Gasteiger partial charge on any atom is -0.440 e. The zero-order valence-corrected chi connectivity index (χ0v) is 13.7. The molecule has 5 nitrogen and oxygen atoms in total. The lowest BCUT2D eigenvalue weighted by atomic mass is 10.2. The monoisotopic (exact) mass is 359 g/mol. The summed E-state index contributed by atoms with van der Waals surface area (Å²) in [7, 11) is 3.68. The number of hydrogen-bond acceptors (Lipinski definition) is 4. The fourth-order valence-corrected chi connectivity index (χ4v) is 2.42. The fourth-order valence-electron chi connectivity index (χ4n) is 1.76. The standard InChI is InChI=1S/C16H14BrN3O2/c1-20(2)16-14(17)9-13(22-16)8-11(10-18)15(21)19-12-6-4-3-5-7-12/h3-9H,1-2H3,(H,19,21)/b11-8+. The van der Waals surface area contributed by atoms with E-state index in [9.17, 15) is 10.1 Å². The fraction of sp³-hybridized carbons (Fsp3) is 0.125. The molecule has 112 valence electrons. The second-order valence-electron chi connectivity index (χ2n) is 4.69. The van der Waals surface area contributed by atoms with Gasteiger partial charge < -0.3 is 14.6 Å². The molecule has 0 aliphatic carbocycles. The van der Waals surface area contributed by atoms with Gasteiger partial charge in [0.05, 0.1) is 4.47 Å². The van der Waals surface area contributed by atoms with Crippen LogP contribution in [0.1, 0.15) is 5.76 Å². The largest absolute Gasteiger partial charge is 0.440 e. The van der Waals surface area contributed by atoms with E-state index < -0.39 is 5.91 Å². The van der Waals surface area contributed by atoms with Crippen LogP contribution in [0.5, 0.6) is 0 Å². The molecule has 0 saturated carbocycles. The lowest BCUT2D eigenvalue weighted by Crippen LogP contribution is -2.13. The number of carbonyl (C=O) groups excluding carboxylic acids is 1. The van der Waals surface area contributed by atoms with E-state index in [1.165, 1.54) is 6.08 Å². The van der Waals surface area contributed by atoms with Gasteiger partial charge in [-0.15, -0.1) is 0 Å². The van der Waals surface area contributed by atoms with Crippen LogP contribution in [0.4, 0.5) is 11.6 Å². The molecule has 1 heterocycles. The molecule has 0 fully saturated rings. The number of benzene rings is 1. The van der Waals surface area contributed by atoms with Crippen molar-refractivity contribution in [3.63, 3.8) is 0 Å². The molecule has 0 aliphatic heterocycles. The van der Waals surface area contributed by atoms with Crippen LogP contribution in [0.2, 0.25) is 0 Å². The van der Waals surface area contributed by atoms with E-state index in [1.807, 2.05) is 26.2 Å². The van der Waals surface area contributed by atoms with Crippen LogP contribution in [-0.4, -0.2) is 20.0 Å². The van der Waals surface area contributed by atoms with Gasteiger partial charge >= 0.3 is 0 Å². The van der Waals surface area contributed by atoms with E-state index in [0.717, 1.165) is 4.47 Å². The van der Waals surface area contributed by atoms with Crippen molar-refractivity contribution in [2.75, 3.05) is 24.3 Å². The van der Waals surface area contributed by atoms with Gasteiger partial charge in [0.2, 0.25) is 5.88 Å². The molecule has 2 aromatic rings. The Hall–Kier alpha value is -2.52. The van der Waals surface area contributed by atoms with Crippen LogP contribution in [0, 0.1) is 11.3 Å². The molecule has 1 amide bonds. The minimum absolute atomic E-state index is 0.0320. The third-order valence-corrected chi connectivity index (χ3v) is 3.35. The van der Waals surface area contributed by atoms with Crippen LogP contribution in [-0.2, 0) is 4.79 Å². The van der Waals surface area contributed by atoms with E-state index in [1.54, 1.807) is 35.2 Å². The molecule has 2 rings (SSSR count). The number of hydrogen-bond donors (Lipinski definition) is 1. The molecular formula is C16H14BrN3O2. The molecule has 0 unspecified atom stereocenters. The van der Waals surface area contributed by atoms with Crippen LogP contribution < -0.4 is 10.2 Å². The summed E-state index contributed by atoms with van der Waals surface area (Å²) in [5, 5.41) is 11.8.